The number of hydrogen-bond donors (Lipinski definition) is 2. The lowest BCUT2D eigenvalue weighted by molar-refractivity contribution is -0.121. The molecule has 0 unspecified atom stereocenters. The predicted molar refractivity (Wildman–Crippen MR) is 93.9 cm³/mol. The third kappa shape index (κ3) is 5.91. The maximum absolute atomic E-state index is 13.1. The van der Waals surface area contributed by atoms with Crippen molar-refractivity contribution in [3.8, 4) is 5.75 Å². The number of amides is 2. The van der Waals surface area contributed by atoms with E-state index >= 15 is 0 Å². The molecular formula is C19H21FN2O3. The Balaban J connectivity index is 1.92. The minimum absolute atomic E-state index is 0.142. The van der Waals surface area contributed by atoms with Crippen LogP contribution in [0.2, 0.25) is 0 Å². The van der Waals surface area contributed by atoms with Crippen LogP contribution in [0.3, 0.4) is 0 Å². The van der Waals surface area contributed by atoms with E-state index in [1.807, 2.05) is 0 Å². The van der Waals surface area contributed by atoms with Crippen molar-refractivity contribution in [3.63, 3.8) is 0 Å². The Kier molecular flexibility index (Phi) is 6.51. The molecule has 2 N–H and O–H groups in total. The Morgan fingerprint density at radius 1 is 1.16 bits per heavy atom. The quantitative estimate of drug-likeness (QED) is 0.811. The molecule has 2 aromatic rings. The second-order valence-electron chi connectivity index (χ2n) is 5.61. The van der Waals surface area contributed by atoms with Crippen molar-refractivity contribution in [2.75, 3.05) is 12.4 Å². The van der Waals surface area contributed by atoms with E-state index in [1.54, 1.807) is 37.4 Å². The molecule has 0 saturated heterocycles. The lowest BCUT2D eigenvalue weighted by Crippen LogP contribution is -2.23. The van der Waals surface area contributed by atoms with Gasteiger partial charge in [-0.15, -0.1) is 0 Å². The SMILES string of the molecule is COc1ccc(NC(C)=O)cc1CNC(=O)CCc1cccc(F)c1. The molecule has 0 aliphatic carbocycles. The molecule has 0 heterocycles. The van der Waals surface area contributed by atoms with Crippen LogP contribution in [0.5, 0.6) is 5.75 Å². The van der Waals surface area contributed by atoms with Gasteiger partial charge in [0.1, 0.15) is 11.6 Å². The maximum Gasteiger partial charge on any atom is 0.221 e. The topological polar surface area (TPSA) is 67.4 Å². The van der Waals surface area contributed by atoms with Crippen LogP contribution in [0.25, 0.3) is 0 Å². The van der Waals surface area contributed by atoms with Gasteiger partial charge in [0.25, 0.3) is 0 Å². The van der Waals surface area contributed by atoms with E-state index in [4.69, 9.17) is 4.74 Å². The van der Waals surface area contributed by atoms with Crippen molar-refractivity contribution in [1.29, 1.82) is 0 Å². The van der Waals surface area contributed by atoms with Crippen molar-refractivity contribution in [2.24, 2.45) is 0 Å². The van der Waals surface area contributed by atoms with Gasteiger partial charge in [-0.2, -0.15) is 0 Å². The average Bonchev–Trinajstić information content (AvgIpc) is 2.58. The summed E-state index contributed by atoms with van der Waals surface area (Å²) in [6.45, 7) is 1.71. The Morgan fingerprint density at radius 2 is 1.96 bits per heavy atom. The van der Waals surface area contributed by atoms with Gasteiger partial charge in [-0.05, 0) is 42.3 Å². The van der Waals surface area contributed by atoms with Gasteiger partial charge in [0.15, 0.2) is 0 Å². The van der Waals surface area contributed by atoms with E-state index < -0.39 is 0 Å². The fraction of sp³-hybridized carbons (Fsp3) is 0.263. The van der Waals surface area contributed by atoms with Crippen LogP contribution in [-0.4, -0.2) is 18.9 Å². The molecule has 0 aromatic heterocycles. The summed E-state index contributed by atoms with van der Waals surface area (Å²) in [5.41, 5.74) is 2.17. The summed E-state index contributed by atoms with van der Waals surface area (Å²) in [5, 5.41) is 5.51. The number of methoxy groups -OCH3 is 1. The molecule has 6 heteroatoms. The number of anilines is 1. The Morgan fingerprint density at radius 3 is 2.64 bits per heavy atom. The van der Waals surface area contributed by atoms with Gasteiger partial charge in [0.2, 0.25) is 11.8 Å². The van der Waals surface area contributed by atoms with Crippen LogP contribution in [0.15, 0.2) is 42.5 Å². The first-order chi connectivity index (χ1) is 12.0. The summed E-state index contributed by atoms with van der Waals surface area (Å²) in [7, 11) is 1.54. The van der Waals surface area contributed by atoms with Crippen LogP contribution in [-0.2, 0) is 22.6 Å². The van der Waals surface area contributed by atoms with Crippen molar-refractivity contribution < 1.29 is 18.7 Å². The summed E-state index contributed by atoms with van der Waals surface area (Å²) in [5.74, 6) is 0.00320. The first kappa shape index (κ1) is 18.4. The lowest BCUT2D eigenvalue weighted by Gasteiger charge is -2.12. The van der Waals surface area contributed by atoms with Gasteiger partial charge in [-0.25, -0.2) is 4.39 Å². The maximum atomic E-state index is 13.1. The van der Waals surface area contributed by atoms with Crippen molar-refractivity contribution in [1.82, 2.24) is 5.32 Å². The predicted octanol–water partition coefficient (Wildman–Crippen LogP) is 3.04. The molecule has 132 valence electrons. The number of ether oxygens (including phenoxy) is 1. The Hall–Kier alpha value is -2.89. The highest BCUT2D eigenvalue weighted by Gasteiger charge is 2.08. The molecule has 0 aliphatic rings. The van der Waals surface area contributed by atoms with Crippen LogP contribution in [0, 0.1) is 5.82 Å². The molecule has 5 nitrogen and oxygen atoms in total. The van der Waals surface area contributed by atoms with Gasteiger partial charge in [0.05, 0.1) is 7.11 Å². The highest BCUT2D eigenvalue weighted by atomic mass is 19.1. The first-order valence-electron chi connectivity index (χ1n) is 7.93. The smallest absolute Gasteiger partial charge is 0.221 e. The first-order valence-corrected chi connectivity index (χ1v) is 7.93. The Labute approximate surface area is 146 Å². The van der Waals surface area contributed by atoms with Crippen LogP contribution in [0.4, 0.5) is 10.1 Å². The van der Waals surface area contributed by atoms with Crippen LogP contribution < -0.4 is 15.4 Å². The number of hydrogen-bond acceptors (Lipinski definition) is 3. The fourth-order valence-corrected chi connectivity index (χ4v) is 2.43. The molecule has 0 radical (unpaired) electrons. The zero-order chi connectivity index (χ0) is 18.2. The number of rotatable bonds is 7. The van der Waals surface area contributed by atoms with Crippen molar-refractivity contribution >= 4 is 17.5 Å². The molecule has 0 saturated carbocycles. The van der Waals surface area contributed by atoms with E-state index in [9.17, 15) is 14.0 Å². The number of carbonyl (C=O) groups excluding carboxylic acids is 2. The molecule has 2 amide bonds. The molecule has 0 atom stereocenters. The van der Waals surface area contributed by atoms with Crippen molar-refractivity contribution in [3.05, 3.63) is 59.4 Å². The molecule has 0 bridgehead atoms. The molecule has 25 heavy (non-hydrogen) atoms. The molecule has 0 aliphatic heterocycles. The van der Waals surface area contributed by atoms with Crippen LogP contribution >= 0.6 is 0 Å². The summed E-state index contributed by atoms with van der Waals surface area (Å²) >= 11 is 0. The van der Waals surface area contributed by atoms with Gasteiger partial charge in [-0.3, -0.25) is 9.59 Å². The van der Waals surface area contributed by atoms with Gasteiger partial charge < -0.3 is 15.4 Å². The van der Waals surface area contributed by atoms with Gasteiger partial charge in [-0.1, -0.05) is 12.1 Å². The minimum Gasteiger partial charge on any atom is -0.496 e. The second kappa shape index (κ2) is 8.82. The third-order valence-electron chi connectivity index (χ3n) is 3.61. The molecule has 0 spiro atoms. The molecule has 0 fully saturated rings. The molecule has 2 aromatic carbocycles. The monoisotopic (exact) mass is 344 g/mol. The van der Waals surface area contributed by atoms with E-state index in [1.165, 1.54) is 19.1 Å². The number of carbonyl (C=O) groups is 2. The standard InChI is InChI=1S/C19H21FN2O3/c1-13(23)22-17-7-8-18(25-2)15(11-17)12-21-19(24)9-6-14-4-3-5-16(20)10-14/h3-5,7-8,10-11H,6,9,12H2,1-2H3,(H,21,24)(H,22,23). The van der Waals surface area contributed by atoms with Crippen molar-refractivity contribution in [2.45, 2.75) is 26.3 Å². The minimum atomic E-state index is -0.308. The van der Waals surface area contributed by atoms with E-state index in [-0.39, 0.29) is 30.6 Å². The number of aryl methyl sites for hydroxylation is 1. The third-order valence-corrected chi connectivity index (χ3v) is 3.61. The summed E-state index contributed by atoms with van der Waals surface area (Å²) < 4.78 is 18.4. The largest absolute Gasteiger partial charge is 0.496 e. The number of halogens is 1. The fourth-order valence-electron chi connectivity index (χ4n) is 2.43. The van der Waals surface area contributed by atoms with Gasteiger partial charge >= 0.3 is 0 Å². The second-order valence-corrected chi connectivity index (χ2v) is 5.61. The van der Waals surface area contributed by atoms with Gasteiger partial charge in [0, 0.05) is 31.1 Å². The zero-order valence-electron chi connectivity index (χ0n) is 14.3. The summed E-state index contributed by atoms with van der Waals surface area (Å²) in [6, 6.07) is 11.4. The highest BCUT2D eigenvalue weighted by molar-refractivity contribution is 5.88. The average molecular weight is 344 g/mol. The molecular weight excluding hydrogens is 323 g/mol. The van der Waals surface area contributed by atoms with E-state index in [0.717, 1.165) is 11.1 Å². The zero-order valence-corrected chi connectivity index (χ0v) is 14.3. The normalized spacial score (nSPS) is 10.2. The Bertz CT molecular complexity index is 762. The summed E-state index contributed by atoms with van der Waals surface area (Å²) in [6.07, 6.45) is 0.726. The number of benzene rings is 2. The summed E-state index contributed by atoms with van der Waals surface area (Å²) in [4.78, 5) is 23.2. The lowest BCUT2D eigenvalue weighted by atomic mass is 10.1. The molecule has 2 rings (SSSR count). The van der Waals surface area contributed by atoms with E-state index in [2.05, 4.69) is 10.6 Å². The van der Waals surface area contributed by atoms with E-state index in [0.29, 0.717) is 17.9 Å². The van der Waals surface area contributed by atoms with Crippen LogP contribution in [0.1, 0.15) is 24.5 Å². The number of nitrogens with one attached hydrogen (secondary N) is 2. The highest BCUT2D eigenvalue weighted by Crippen LogP contribution is 2.22.